The molecular formula is C13H15N3OS2. The van der Waals surface area contributed by atoms with Crippen molar-refractivity contribution in [1.29, 1.82) is 0 Å². The van der Waals surface area contributed by atoms with Crippen molar-refractivity contribution in [2.45, 2.75) is 6.42 Å². The van der Waals surface area contributed by atoms with Gasteiger partial charge in [0.1, 0.15) is 10.0 Å². The van der Waals surface area contributed by atoms with Gasteiger partial charge in [-0.15, -0.1) is 0 Å². The molecule has 2 rings (SSSR count). The normalized spacial score (nSPS) is 10.4. The summed E-state index contributed by atoms with van der Waals surface area (Å²) in [5.41, 5.74) is 0.976. The molecular weight excluding hydrogens is 278 g/mol. The van der Waals surface area contributed by atoms with Crippen LogP contribution in [-0.2, 0) is 4.79 Å². The first-order valence-electron chi connectivity index (χ1n) is 5.84. The van der Waals surface area contributed by atoms with E-state index in [9.17, 15) is 4.79 Å². The fourth-order valence-electron chi connectivity index (χ4n) is 1.52. The standard InChI is InChI=1S/C13H15N3OS2/c1-16(11(17)5-7-18-2)12-9-15-13(19-12)10-4-3-6-14-8-10/h3-4,6,8-9H,5,7H2,1-2H3. The minimum Gasteiger partial charge on any atom is -0.306 e. The third-order valence-electron chi connectivity index (χ3n) is 2.63. The van der Waals surface area contributed by atoms with Gasteiger partial charge in [-0.05, 0) is 18.4 Å². The van der Waals surface area contributed by atoms with Gasteiger partial charge in [0.05, 0.1) is 6.20 Å². The van der Waals surface area contributed by atoms with E-state index in [-0.39, 0.29) is 5.91 Å². The van der Waals surface area contributed by atoms with E-state index in [0.29, 0.717) is 6.42 Å². The Bertz CT molecular complexity index is 542. The van der Waals surface area contributed by atoms with Gasteiger partial charge < -0.3 is 4.90 Å². The van der Waals surface area contributed by atoms with Crippen molar-refractivity contribution in [2.75, 3.05) is 24.0 Å². The Morgan fingerprint density at radius 1 is 1.47 bits per heavy atom. The summed E-state index contributed by atoms with van der Waals surface area (Å²) in [5.74, 6) is 0.966. The molecule has 0 spiro atoms. The second kappa shape index (κ2) is 6.68. The summed E-state index contributed by atoms with van der Waals surface area (Å²) in [6.45, 7) is 0. The van der Waals surface area contributed by atoms with Crippen LogP contribution in [0, 0.1) is 0 Å². The molecule has 0 atom stereocenters. The van der Waals surface area contributed by atoms with Crippen LogP contribution in [0.25, 0.3) is 10.6 Å². The number of pyridine rings is 1. The molecule has 0 saturated heterocycles. The van der Waals surface area contributed by atoms with Gasteiger partial charge in [0, 0.05) is 37.2 Å². The number of nitrogens with zero attached hydrogens (tertiary/aromatic N) is 3. The maximum atomic E-state index is 11.9. The van der Waals surface area contributed by atoms with Crippen LogP contribution in [0.5, 0.6) is 0 Å². The van der Waals surface area contributed by atoms with Gasteiger partial charge in [-0.1, -0.05) is 11.3 Å². The quantitative estimate of drug-likeness (QED) is 0.850. The molecule has 6 heteroatoms. The summed E-state index contributed by atoms with van der Waals surface area (Å²) in [7, 11) is 1.79. The van der Waals surface area contributed by atoms with Crippen LogP contribution in [0.1, 0.15) is 6.42 Å². The Hall–Kier alpha value is -1.40. The highest BCUT2D eigenvalue weighted by Gasteiger charge is 2.14. The lowest BCUT2D eigenvalue weighted by molar-refractivity contribution is -0.117. The van der Waals surface area contributed by atoms with E-state index in [2.05, 4.69) is 9.97 Å². The van der Waals surface area contributed by atoms with Crippen molar-refractivity contribution in [3.63, 3.8) is 0 Å². The molecule has 19 heavy (non-hydrogen) atoms. The predicted molar refractivity (Wildman–Crippen MR) is 81.8 cm³/mol. The smallest absolute Gasteiger partial charge is 0.228 e. The lowest BCUT2D eigenvalue weighted by Crippen LogP contribution is -2.25. The van der Waals surface area contributed by atoms with Crippen LogP contribution >= 0.6 is 23.1 Å². The predicted octanol–water partition coefficient (Wildman–Crippen LogP) is 2.92. The molecule has 4 nitrogen and oxygen atoms in total. The lowest BCUT2D eigenvalue weighted by Gasteiger charge is -2.13. The van der Waals surface area contributed by atoms with Crippen LogP contribution in [0.2, 0.25) is 0 Å². The lowest BCUT2D eigenvalue weighted by atomic mass is 10.3. The summed E-state index contributed by atoms with van der Waals surface area (Å²) in [4.78, 5) is 22.0. The third kappa shape index (κ3) is 3.54. The number of amides is 1. The molecule has 0 N–H and O–H groups in total. The topological polar surface area (TPSA) is 46.1 Å². The molecule has 0 aromatic carbocycles. The number of rotatable bonds is 5. The summed E-state index contributed by atoms with van der Waals surface area (Å²) < 4.78 is 0. The Morgan fingerprint density at radius 3 is 3.00 bits per heavy atom. The second-order valence-corrected chi connectivity index (χ2v) is 5.94. The average Bonchev–Trinajstić information content (AvgIpc) is 2.94. The molecule has 0 aliphatic carbocycles. The van der Waals surface area contributed by atoms with Crippen molar-refractivity contribution in [3.05, 3.63) is 30.7 Å². The van der Waals surface area contributed by atoms with Gasteiger partial charge in [-0.25, -0.2) is 4.98 Å². The van der Waals surface area contributed by atoms with Crippen LogP contribution in [0.4, 0.5) is 5.00 Å². The molecule has 0 bridgehead atoms. The molecule has 100 valence electrons. The molecule has 0 radical (unpaired) electrons. The maximum Gasteiger partial charge on any atom is 0.228 e. The van der Waals surface area contributed by atoms with Gasteiger partial charge in [0.2, 0.25) is 5.91 Å². The van der Waals surface area contributed by atoms with Crippen LogP contribution in [0.3, 0.4) is 0 Å². The van der Waals surface area contributed by atoms with Crippen LogP contribution < -0.4 is 4.90 Å². The molecule has 0 aliphatic rings. The number of hydrogen-bond acceptors (Lipinski definition) is 5. The van der Waals surface area contributed by atoms with E-state index in [1.807, 2.05) is 18.4 Å². The minimum atomic E-state index is 0.121. The Kier molecular flexibility index (Phi) is 4.93. The SMILES string of the molecule is CSCCC(=O)N(C)c1cnc(-c2cccnc2)s1. The third-order valence-corrected chi connectivity index (χ3v) is 4.36. The highest BCUT2D eigenvalue weighted by Crippen LogP contribution is 2.30. The van der Waals surface area contributed by atoms with Crippen molar-refractivity contribution in [2.24, 2.45) is 0 Å². The molecule has 2 aromatic rings. The second-order valence-electron chi connectivity index (χ2n) is 3.94. The van der Waals surface area contributed by atoms with Crippen LogP contribution in [0.15, 0.2) is 30.7 Å². The number of thioether (sulfide) groups is 1. The van der Waals surface area contributed by atoms with Gasteiger partial charge in [-0.2, -0.15) is 11.8 Å². The fraction of sp³-hybridized carbons (Fsp3) is 0.308. The number of carbonyl (C=O) groups is 1. The molecule has 0 fully saturated rings. The van der Waals surface area contributed by atoms with E-state index in [0.717, 1.165) is 21.3 Å². The summed E-state index contributed by atoms with van der Waals surface area (Å²) in [6, 6.07) is 3.84. The maximum absolute atomic E-state index is 11.9. The first-order valence-corrected chi connectivity index (χ1v) is 8.05. The van der Waals surface area contributed by atoms with Crippen molar-refractivity contribution in [1.82, 2.24) is 9.97 Å². The molecule has 0 aliphatic heterocycles. The number of anilines is 1. The number of hydrogen-bond donors (Lipinski definition) is 0. The Balaban J connectivity index is 2.11. The Labute approximate surface area is 120 Å². The minimum absolute atomic E-state index is 0.121. The zero-order chi connectivity index (χ0) is 13.7. The molecule has 2 aromatic heterocycles. The molecule has 1 amide bonds. The van der Waals surface area contributed by atoms with E-state index in [1.54, 1.807) is 42.3 Å². The zero-order valence-corrected chi connectivity index (χ0v) is 12.5. The molecule has 0 saturated carbocycles. The van der Waals surface area contributed by atoms with E-state index >= 15 is 0 Å². The first kappa shape index (κ1) is 14.0. The van der Waals surface area contributed by atoms with Gasteiger partial charge in [0.15, 0.2) is 0 Å². The molecule has 2 heterocycles. The van der Waals surface area contributed by atoms with E-state index in [1.165, 1.54) is 11.3 Å². The van der Waals surface area contributed by atoms with Gasteiger partial charge in [0.25, 0.3) is 0 Å². The average molecular weight is 293 g/mol. The summed E-state index contributed by atoms with van der Waals surface area (Å²) in [5, 5.41) is 1.75. The van der Waals surface area contributed by atoms with E-state index in [4.69, 9.17) is 0 Å². The largest absolute Gasteiger partial charge is 0.306 e. The molecule has 0 unspecified atom stereocenters. The van der Waals surface area contributed by atoms with E-state index < -0.39 is 0 Å². The van der Waals surface area contributed by atoms with Gasteiger partial charge in [-0.3, -0.25) is 9.78 Å². The monoisotopic (exact) mass is 293 g/mol. The summed E-state index contributed by atoms with van der Waals surface area (Å²) >= 11 is 3.18. The zero-order valence-electron chi connectivity index (χ0n) is 10.9. The Morgan fingerprint density at radius 2 is 2.32 bits per heavy atom. The number of carbonyl (C=O) groups excluding carboxylic acids is 1. The van der Waals surface area contributed by atoms with Crippen molar-refractivity contribution in [3.8, 4) is 10.6 Å². The van der Waals surface area contributed by atoms with Crippen LogP contribution in [-0.4, -0.2) is 34.9 Å². The van der Waals surface area contributed by atoms with Crippen molar-refractivity contribution < 1.29 is 4.79 Å². The van der Waals surface area contributed by atoms with Crippen molar-refractivity contribution >= 4 is 34.0 Å². The number of aromatic nitrogens is 2. The fourth-order valence-corrected chi connectivity index (χ4v) is 2.79. The van der Waals surface area contributed by atoms with Gasteiger partial charge >= 0.3 is 0 Å². The first-order chi connectivity index (χ1) is 9.22. The summed E-state index contributed by atoms with van der Waals surface area (Å²) in [6.07, 6.45) is 7.80. The highest BCUT2D eigenvalue weighted by atomic mass is 32.2. The number of thiazole rings is 1. The highest BCUT2D eigenvalue weighted by molar-refractivity contribution is 7.98.